The van der Waals surface area contributed by atoms with Crippen molar-refractivity contribution in [3.05, 3.63) is 41.0 Å². The maximum Gasteiger partial charge on any atom is 0.119 e. The van der Waals surface area contributed by atoms with Crippen LogP contribution in [-0.2, 0) is 4.84 Å². The second kappa shape index (κ2) is 5.92. The average molecular weight is 284 g/mol. The molecule has 3 nitrogen and oxygen atoms in total. The van der Waals surface area contributed by atoms with Gasteiger partial charge in [0.1, 0.15) is 16.5 Å². The summed E-state index contributed by atoms with van der Waals surface area (Å²) in [5.74, 6) is 0.921. The third-order valence-corrected chi connectivity index (χ3v) is 2.71. The van der Waals surface area contributed by atoms with Crippen molar-refractivity contribution in [3.8, 4) is 5.75 Å². The number of halogens is 1. The van der Waals surface area contributed by atoms with Crippen LogP contribution in [0.15, 0.2) is 41.0 Å². The molecule has 0 bridgehead atoms. The van der Waals surface area contributed by atoms with Crippen molar-refractivity contribution < 1.29 is 9.57 Å². The van der Waals surface area contributed by atoms with Crippen LogP contribution in [0.2, 0.25) is 0 Å². The molecular weight excluding hydrogens is 270 g/mol. The number of rotatable bonds is 5. The predicted octanol–water partition coefficient (Wildman–Crippen LogP) is 2.99. The molecule has 86 valence electrons. The van der Waals surface area contributed by atoms with Crippen LogP contribution in [0.4, 0.5) is 0 Å². The number of nitrogens with one attached hydrogen (secondary N) is 1. The standard InChI is InChI=1S/C12H14BrNO2/c13-12-9-11(16-14-12)7-4-8-15-10-5-2-1-3-6-10/h1-3,5-6,9,11,14H,4,7-8H2/t11-/m1/s1. The normalized spacial score (nSPS) is 19.1. The van der Waals surface area contributed by atoms with E-state index in [1.807, 2.05) is 36.4 Å². The van der Waals surface area contributed by atoms with E-state index in [0.29, 0.717) is 0 Å². The molecular formula is C12H14BrNO2. The summed E-state index contributed by atoms with van der Waals surface area (Å²) in [6.07, 6.45) is 4.09. The van der Waals surface area contributed by atoms with Crippen LogP contribution < -0.4 is 10.2 Å². The summed E-state index contributed by atoms with van der Waals surface area (Å²) in [6.45, 7) is 0.718. The van der Waals surface area contributed by atoms with E-state index >= 15 is 0 Å². The van der Waals surface area contributed by atoms with Gasteiger partial charge in [0, 0.05) is 0 Å². The number of hydrogen-bond donors (Lipinski definition) is 1. The molecule has 0 amide bonds. The van der Waals surface area contributed by atoms with Gasteiger partial charge in [-0.3, -0.25) is 10.3 Å². The van der Waals surface area contributed by atoms with Crippen LogP contribution in [0.25, 0.3) is 0 Å². The molecule has 0 saturated heterocycles. The Balaban J connectivity index is 1.62. The third kappa shape index (κ3) is 3.54. The Morgan fingerprint density at radius 3 is 2.81 bits per heavy atom. The molecule has 1 aliphatic heterocycles. The van der Waals surface area contributed by atoms with Gasteiger partial charge < -0.3 is 4.74 Å². The van der Waals surface area contributed by atoms with E-state index in [4.69, 9.17) is 9.57 Å². The lowest BCUT2D eigenvalue weighted by molar-refractivity contribution is 0.0386. The highest BCUT2D eigenvalue weighted by atomic mass is 79.9. The first-order valence-corrected chi connectivity index (χ1v) is 6.11. The zero-order valence-electron chi connectivity index (χ0n) is 8.86. The summed E-state index contributed by atoms with van der Waals surface area (Å²) in [6, 6.07) is 9.85. The number of benzene rings is 1. The molecule has 16 heavy (non-hydrogen) atoms. The summed E-state index contributed by atoms with van der Waals surface area (Å²) in [4.78, 5) is 5.27. The maximum atomic E-state index is 5.58. The van der Waals surface area contributed by atoms with Crippen molar-refractivity contribution in [3.63, 3.8) is 0 Å². The predicted molar refractivity (Wildman–Crippen MR) is 66.2 cm³/mol. The largest absolute Gasteiger partial charge is 0.494 e. The van der Waals surface area contributed by atoms with Gasteiger partial charge >= 0.3 is 0 Å². The first kappa shape index (κ1) is 11.5. The van der Waals surface area contributed by atoms with E-state index in [2.05, 4.69) is 21.4 Å². The Bertz CT molecular complexity index is 353. The Morgan fingerprint density at radius 2 is 2.12 bits per heavy atom. The molecule has 1 heterocycles. The van der Waals surface area contributed by atoms with Crippen molar-refractivity contribution in [1.29, 1.82) is 0 Å². The molecule has 1 aromatic carbocycles. The molecule has 4 heteroatoms. The van der Waals surface area contributed by atoms with Gasteiger partial charge in [0.15, 0.2) is 0 Å². The van der Waals surface area contributed by atoms with Crippen molar-refractivity contribution in [2.24, 2.45) is 0 Å². The Morgan fingerprint density at radius 1 is 1.31 bits per heavy atom. The Labute approximate surface area is 104 Å². The monoisotopic (exact) mass is 283 g/mol. The van der Waals surface area contributed by atoms with Crippen molar-refractivity contribution in [2.75, 3.05) is 6.61 Å². The fraction of sp³-hybridized carbons (Fsp3) is 0.333. The number of ether oxygens (including phenoxy) is 1. The van der Waals surface area contributed by atoms with Crippen molar-refractivity contribution in [2.45, 2.75) is 18.9 Å². The second-order valence-corrected chi connectivity index (χ2v) is 4.43. The fourth-order valence-corrected chi connectivity index (χ4v) is 1.89. The van der Waals surface area contributed by atoms with Crippen LogP contribution in [0.1, 0.15) is 12.8 Å². The van der Waals surface area contributed by atoms with Gasteiger partial charge in [0.25, 0.3) is 0 Å². The van der Waals surface area contributed by atoms with Crippen LogP contribution in [-0.4, -0.2) is 12.7 Å². The number of hydroxylamine groups is 1. The zero-order chi connectivity index (χ0) is 11.2. The molecule has 0 aromatic heterocycles. The van der Waals surface area contributed by atoms with E-state index < -0.39 is 0 Å². The molecule has 1 N–H and O–H groups in total. The summed E-state index contributed by atoms with van der Waals surface area (Å²) in [5.41, 5.74) is 2.77. The lowest BCUT2D eigenvalue weighted by atomic mass is 10.2. The maximum absolute atomic E-state index is 5.58. The van der Waals surface area contributed by atoms with Crippen LogP contribution in [0.5, 0.6) is 5.75 Å². The highest BCUT2D eigenvalue weighted by Gasteiger charge is 2.13. The number of hydrogen-bond acceptors (Lipinski definition) is 3. The molecule has 1 aromatic rings. The summed E-state index contributed by atoms with van der Waals surface area (Å²) >= 11 is 3.32. The molecule has 0 aliphatic carbocycles. The highest BCUT2D eigenvalue weighted by molar-refractivity contribution is 9.11. The summed E-state index contributed by atoms with van der Waals surface area (Å²) in [7, 11) is 0. The molecule has 0 spiro atoms. The van der Waals surface area contributed by atoms with Crippen molar-refractivity contribution >= 4 is 15.9 Å². The zero-order valence-corrected chi connectivity index (χ0v) is 10.4. The van der Waals surface area contributed by atoms with E-state index in [1.54, 1.807) is 0 Å². The van der Waals surface area contributed by atoms with Crippen LogP contribution in [0.3, 0.4) is 0 Å². The molecule has 0 unspecified atom stereocenters. The lowest BCUT2D eigenvalue weighted by Crippen LogP contribution is -2.12. The fourth-order valence-electron chi connectivity index (χ4n) is 1.50. The SMILES string of the molecule is BrC1=C[C@@H](CCCOc2ccccc2)ON1. The minimum Gasteiger partial charge on any atom is -0.494 e. The van der Waals surface area contributed by atoms with E-state index in [-0.39, 0.29) is 6.10 Å². The molecule has 0 saturated carbocycles. The molecule has 1 aliphatic rings. The van der Waals surface area contributed by atoms with Gasteiger partial charge in [-0.25, -0.2) is 0 Å². The third-order valence-electron chi connectivity index (χ3n) is 2.28. The molecule has 0 radical (unpaired) electrons. The topological polar surface area (TPSA) is 30.5 Å². The Kier molecular flexibility index (Phi) is 4.25. The molecule has 0 fully saturated rings. The number of para-hydroxylation sites is 1. The van der Waals surface area contributed by atoms with Crippen LogP contribution in [0, 0.1) is 0 Å². The van der Waals surface area contributed by atoms with Crippen LogP contribution >= 0.6 is 15.9 Å². The summed E-state index contributed by atoms with van der Waals surface area (Å²) in [5, 5.41) is 0. The summed E-state index contributed by atoms with van der Waals surface area (Å²) < 4.78 is 6.49. The smallest absolute Gasteiger partial charge is 0.119 e. The molecule has 1 atom stereocenters. The van der Waals surface area contributed by atoms with Gasteiger partial charge in [0.05, 0.1) is 6.61 Å². The van der Waals surface area contributed by atoms with Gasteiger partial charge in [-0.1, -0.05) is 18.2 Å². The van der Waals surface area contributed by atoms with E-state index in [1.165, 1.54) is 0 Å². The highest BCUT2D eigenvalue weighted by Crippen LogP contribution is 2.16. The minimum absolute atomic E-state index is 0.147. The quantitative estimate of drug-likeness (QED) is 0.666. The minimum atomic E-state index is 0.147. The van der Waals surface area contributed by atoms with Gasteiger partial charge in [-0.2, -0.15) is 0 Å². The molecule has 2 rings (SSSR count). The second-order valence-electron chi connectivity index (χ2n) is 3.58. The first-order chi connectivity index (χ1) is 7.84. The van der Waals surface area contributed by atoms with E-state index in [0.717, 1.165) is 29.8 Å². The van der Waals surface area contributed by atoms with Gasteiger partial charge in [-0.15, -0.1) is 0 Å². The average Bonchev–Trinajstić information content (AvgIpc) is 2.72. The van der Waals surface area contributed by atoms with Gasteiger partial charge in [0.2, 0.25) is 0 Å². The van der Waals surface area contributed by atoms with Gasteiger partial charge in [-0.05, 0) is 47.0 Å². The van der Waals surface area contributed by atoms with E-state index in [9.17, 15) is 0 Å². The Hall–Kier alpha value is -1.00. The van der Waals surface area contributed by atoms with Crippen molar-refractivity contribution in [1.82, 2.24) is 5.48 Å². The lowest BCUT2D eigenvalue weighted by Gasteiger charge is -2.08. The first-order valence-electron chi connectivity index (χ1n) is 5.31.